The number of furan rings is 1. The average Bonchev–Trinajstić information content (AvgIpc) is 2.91. The Morgan fingerprint density at radius 3 is 2.95 bits per heavy atom. The number of amides is 1. The molecule has 1 N–H and O–H groups in total. The van der Waals surface area contributed by atoms with Crippen molar-refractivity contribution in [2.24, 2.45) is 0 Å². The molecule has 1 atom stereocenters. The van der Waals surface area contributed by atoms with Crippen LogP contribution >= 0.6 is 0 Å². The van der Waals surface area contributed by atoms with Gasteiger partial charge in [0.15, 0.2) is 0 Å². The minimum Gasteiger partial charge on any atom is -0.469 e. The summed E-state index contributed by atoms with van der Waals surface area (Å²) in [5.41, 5.74) is 3.43. The molecule has 1 aliphatic rings. The highest BCUT2D eigenvalue weighted by molar-refractivity contribution is 5.84. The van der Waals surface area contributed by atoms with E-state index in [1.54, 1.807) is 11.2 Å². The van der Waals surface area contributed by atoms with Gasteiger partial charge < -0.3 is 14.6 Å². The van der Waals surface area contributed by atoms with Crippen molar-refractivity contribution < 1.29 is 9.21 Å². The summed E-state index contributed by atoms with van der Waals surface area (Å²) in [6.45, 7) is 4.04. The number of aryl methyl sites for hydroxylation is 1. The Hall–Kier alpha value is -2.07. The third-order valence-electron chi connectivity index (χ3n) is 4.14. The largest absolute Gasteiger partial charge is 0.469 e. The zero-order chi connectivity index (χ0) is 14.8. The lowest BCUT2D eigenvalue weighted by Gasteiger charge is -2.29. The van der Waals surface area contributed by atoms with Crippen LogP contribution in [0.3, 0.4) is 0 Å². The highest BCUT2D eigenvalue weighted by Crippen LogP contribution is 2.26. The molecule has 0 aliphatic carbocycles. The SMILES string of the molecule is Cc1occc1CN(C)C(=O)C1CNCc2ccccc21. The lowest BCUT2D eigenvalue weighted by Crippen LogP contribution is -2.39. The van der Waals surface area contributed by atoms with Gasteiger partial charge in [0.1, 0.15) is 5.76 Å². The van der Waals surface area contributed by atoms with E-state index in [1.165, 1.54) is 5.56 Å². The summed E-state index contributed by atoms with van der Waals surface area (Å²) in [6.07, 6.45) is 1.67. The molecule has 4 heteroatoms. The van der Waals surface area contributed by atoms with Crippen molar-refractivity contribution in [1.29, 1.82) is 0 Å². The molecule has 1 aromatic heterocycles. The van der Waals surface area contributed by atoms with Crippen molar-refractivity contribution in [3.8, 4) is 0 Å². The summed E-state index contributed by atoms with van der Waals surface area (Å²) in [5, 5.41) is 3.33. The molecule has 0 spiro atoms. The molecular formula is C17H20N2O2. The second kappa shape index (κ2) is 5.74. The van der Waals surface area contributed by atoms with Crippen LogP contribution in [0.1, 0.15) is 28.4 Å². The predicted octanol–water partition coefficient (Wildman–Crippen LogP) is 2.43. The number of carbonyl (C=O) groups is 1. The molecule has 2 heterocycles. The normalized spacial score (nSPS) is 17.3. The van der Waals surface area contributed by atoms with E-state index in [4.69, 9.17) is 4.42 Å². The number of hydrogen-bond acceptors (Lipinski definition) is 3. The molecule has 1 aliphatic heterocycles. The Kier molecular flexibility index (Phi) is 3.80. The molecule has 21 heavy (non-hydrogen) atoms. The zero-order valence-electron chi connectivity index (χ0n) is 12.4. The van der Waals surface area contributed by atoms with Crippen molar-refractivity contribution in [2.45, 2.75) is 25.9 Å². The Morgan fingerprint density at radius 2 is 2.19 bits per heavy atom. The monoisotopic (exact) mass is 284 g/mol. The summed E-state index contributed by atoms with van der Waals surface area (Å²) >= 11 is 0. The van der Waals surface area contributed by atoms with Gasteiger partial charge in [-0.15, -0.1) is 0 Å². The van der Waals surface area contributed by atoms with Gasteiger partial charge in [0.25, 0.3) is 0 Å². The minimum absolute atomic E-state index is 0.104. The van der Waals surface area contributed by atoms with Crippen LogP contribution in [0.2, 0.25) is 0 Å². The number of likely N-dealkylation sites (N-methyl/N-ethyl adjacent to an activating group) is 1. The van der Waals surface area contributed by atoms with Gasteiger partial charge in [-0.25, -0.2) is 0 Å². The maximum Gasteiger partial charge on any atom is 0.231 e. The van der Waals surface area contributed by atoms with Crippen LogP contribution in [-0.4, -0.2) is 24.4 Å². The molecule has 4 nitrogen and oxygen atoms in total. The lowest BCUT2D eigenvalue weighted by atomic mass is 9.90. The van der Waals surface area contributed by atoms with Crippen molar-refractivity contribution in [2.75, 3.05) is 13.6 Å². The van der Waals surface area contributed by atoms with Gasteiger partial charge in [0.2, 0.25) is 5.91 Å². The molecule has 0 bridgehead atoms. The molecule has 1 amide bonds. The minimum atomic E-state index is -0.104. The molecule has 1 unspecified atom stereocenters. The first-order valence-electron chi connectivity index (χ1n) is 7.23. The van der Waals surface area contributed by atoms with E-state index < -0.39 is 0 Å². The predicted molar refractivity (Wildman–Crippen MR) is 80.8 cm³/mol. The van der Waals surface area contributed by atoms with Gasteiger partial charge in [0, 0.05) is 32.2 Å². The Morgan fingerprint density at radius 1 is 1.38 bits per heavy atom. The molecule has 3 rings (SSSR count). The van der Waals surface area contributed by atoms with Crippen molar-refractivity contribution in [1.82, 2.24) is 10.2 Å². The van der Waals surface area contributed by atoms with E-state index in [0.29, 0.717) is 13.1 Å². The van der Waals surface area contributed by atoms with Gasteiger partial charge >= 0.3 is 0 Å². The van der Waals surface area contributed by atoms with Crippen LogP contribution in [0.15, 0.2) is 41.0 Å². The van der Waals surface area contributed by atoms with Crippen LogP contribution in [0.4, 0.5) is 0 Å². The number of benzene rings is 1. The molecule has 2 aromatic rings. The molecule has 0 fully saturated rings. The molecular weight excluding hydrogens is 264 g/mol. The van der Waals surface area contributed by atoms with E-state index in [1.807, 2.05) is 32.2 Å². The highest BCUT2D eigenvalue weighted by Gasteiger charge is 2.28. The van der Waals surface area contributed by atoms with Gasteiger partial charge in [-0.1, -0.05) is 24.3 Å². The van der Waals surface area contributed by atoms with Crippen LogP contribution in [0.25, 0.3) is 0 Å². The van der Waals surface area contributed by atoms with Crippen LogP contribution in [-0.2, 0) is 17.9 Å². The van der Waals surface area contributed by atoms with Crippen LogP contribution in [0.5, 0.6) is 0 Å². The Labute approximate surface area is 124 Å². The summed E-state index contributed by atoms with van der Waals surface area (Å²) in [5.74, 6) is 0.916. The maximum absolute atomic E-state index is 12.8. The number of rotatable bonds is 3. The molecule has 0 saturated carbocycles. The summed E-state index contributed by atoms with van der Waals surface area (Å²) in [6, 6.07) is 10.1. The maximum atomic E-state index is 12.8. The number of nitrogens with zero attached hydrogens (tertiary/aromatic N) is 1. The molecule has 0 radical (unpaired) electrons. The topological polar surface area (TPSA) is 45.5 Å². The molecule has 110 valence electrons. The van der Waals surface area contributed by atoms with E-state index in [0.717, 1.165) is 23.4 Å². The first kappa shape index (κ1) is 13.9. The molecule has 1 aromatic carbocycles. The van der Waals surface area contributed by atoms with Gasteiger partial charge in [0.05, 0.1) is 12.2 Å². The highest BCUT2D eigenvalue weighted by atomic mass is 16.3. The summed E-state index contributed by atoms with van der Waals surface area (Å²) in [4.78, 5) is 14.5. The lowest BCUT2D eigenvalue weighted by molar-refractivity contribution is -0.132. The van der Waals surface area contributed by atoms with E-state index >= 15 is 0 Å². The van der Waals surface area contributed by atoms with Crippen LogP contribution < -0.4 is 5.32 Å². The quantitative estimate of drug-likeness (QED) is 0.941. The number of carbonyl (C=O) groups excluding carboxylic acids is 1. The number of fused-ring (bicyclic) bond motifs is 1. The fourth-order valence-electron chi connectivity index (χ4n) is 2.89. The first-order chi connectivity index (χ1) is 10.2. The van der Waals surface area contributed by atoms with Gasteiger partial charge in [-0.2, -0.15) is 0 Å². The van der Waals surface area contributed by atoms with E-state index in [9.17, 15) is 4.79 Å². The zero-order valence-corrected chi connectivity index (χ0v) is 12.4. The van der Waals surface area contributed by atoms with Gasteiger partial charge in [-0.05, 0) is 24.1 Å². The fourth-order valence-corrected chi connectivity index (χ4v) is 2.89. The number of nitrogens with one attached hydrogen (secondary N) is 1. The van der Waals surface area contributed by atoms with Crippen molar-refractivity contribution in [3.05, 3.63) is 59.0 Å². The second-order valence-corrected chi connectivity index (χ2v) is 5.58. The number of hydrogen-bond donors (Lipinski definition) is 1. The van der Waals surface area contributed by atoms with Crippen LogP contribution in [0, 0.1) is 6.92 Å². The summed E-state index contributed by atoms with van der Waals surface area (Å²) in [7, 11) is 1.85. The van der Waals surface area contributed by atoms with Crippen molar-refractivity contribution >= 4 is 5.91 Å². The average molecular weight is 284 g/mol. The third kappa shape index (κ3) is 2.72. The Balaban J connectivity index is 1.78. The second-order valence-electron chi connectivity index (χ2n) is 5.58. The third-order valence-corrected chi connectivity index (χ3v) is 4.14. The first-order valence-corrected chi connectivity index (χ1v) is 7.23. The fraction of sp³-hybridized carbons (Fsp3) is 0.353. The smallest absolute Gasteiger partial charge is 0.231 e. The standard InChI is InChI=1S/C17H20N2O2/c1-12-14(7-8-21-12)11-19(2)17(20)16-10-18-9-13-5-3-4-6-15(13)16/h3-8,16,18H,9-11H2,1-2H3. The van der Waals surface area contributed by atoms with Crippen molar-refractivity contribution in [3.63, 3.8) is 0 Å². The van der Waals surface area contributed by atoms with E-state index in [2.05, 4.69) is 17.4 Å². The van der Waals surface area contributed by atoms with Gasteiger partial charge in [-0.3, -0.25) is 4.79 Å². The summed E-state index contributed by atoms with van der Waals surface area (Å²) < 4.78 is 5.30. The Bertz CT molecular complexity index is 648. The molecule has 0 saturated heterocycles. The van der Waals surface area contributed by atoms with E-state index in [-0.39, 0.29) is 11.8 Å².